The Kier molecular flexibility index (Phi) is 5.11. The minimum atomic E-state index is -0.127. The maximum atomic E-state index is 12.5. The normalized spacial score (nSPS) is 11.9. The van der Waals surface area contributed by atoms with Gasteiger partial charge in [0.1, 0.15) is 0 Å². The highest BCUT2D eigenvalue weighted by molar-refractivity contribution is 7.10. The molecule has 3 aromatic rings. The second kappa shape index (κ2) is 7.45. The van der Waals surface area contributed by atoms with E-state index in [1.165, 1.54) is 11.1 Å². The smallest absolute Gasteiger partial charge is 0.226 e. The first-order valence-electron chi connectivity index (χ1n) is 8.07. The van der Waals surface area contributed by atoms with E-state index in [2.05, 4.69) is 49.5 Å². The fraction of sp³-hybridized carbons (Fsp3) is 0.190. The lowest BCUT2D eigenvalue weighted by molar-refractivity contribution is -0.120. The van der Waals surface area contributed by atoms with Crippen LogP contribution in [0.25, 0.3) is 0 Å². The lowest BCUT2D eigenvalue weighted by Crippen LogP contribution is -2.30. The molecule has 3 heteroatoms. The lowest BCUT2D eigenvalue weighted by atomic mass is 9.95. The number of benzene rings is 2. The summed E-state index contributed by atoms with van der Waals surface area (Å²) in [6.45, 7) is 4.21. The van der Waals surface area contributed by atoms with Crippen LogP contribution in [0.2, 0.25) is 0 Å². The first-order valence-corrected chi connectivity index (χ1v) is 8.95. The molecule has 0 aliphatic rings. The Labute approximate surface area is 147 Å². The zero-order chi connectivity index (χ0) is 16.9. The van der Waals surface area contributed by atoms with Gasteiger partial charge < -0.3 is 5.32 Å². The number of aryl methyl sites for hydroxylation is 2. The molecule has 2 nitrogen and oxygen atoms in total. The largest absolute Gasteiger partial charge is 0.345 e. The van der Waals surface area contributed by atoms with E-state index >= 15 is 0 Å². The van der Waals surface area contributed by atoms with Crippen molar-refractivity contribution in [1.82, 2.24) is 5.32 Å². The number of hydrogen-bond acceptors (Lipinski definition) is 2. The maximum Gasteiger partial charge on any atom is 0.226 e. The standard InChI is InChI=1S/C21H21NOS/c1-15-10-11-18(13-16(15)2)21(17-7-4-3-5-8-17)22-20(23)14-19-9-6-12-24-19/h3-13,21H,14H2,1-2H3,(H,22,23). The fourth-order valence-electron chi connectivity index (χ4n) is 2.73. The van der Waals surface area contributed by atoms with Crippen LogP contribution in [0, 0.1) is 13.8 Å². The van der Waals surface area contributed by atoms with Crippen LogP contribution in [0.4, 0.5) is 0 Å². The number of carbonyl (C=O) groups excluding carboxylic acids is 1. The van der Waals surface area contributed by atoms with Crippen LogP contribution in [-0.4, -0.2) is 5.91 Å². The van der Waals surface area contributed by atoms with Gasteiger partial charge in [0.05, 0.1) is 12.5 Å². The van der Waals surface area contributed by atoms with Gasteiger partial charge in [0, 0.05) is 4.88 Å². The highest BCUT2D eigenvalue weighted by atomic mass is 32.1. The van der Waals surface area contributed by atoms with E-state index in [4.69, 9.17) is 0 Å². The predicted octanol–water partition coefficient (Wildman–Crippen LogP) is 4.81. The quantitative estimate of drug-likeness (QED) is 0.712. The van der Waals surface area contributed by atoms with Gasteiger partial charge in [0.2, 0.25) is 5.91 Å². The van der Waals surface area contributed by atoms with Crippen molar-refractivity contribution in [2.75, 3.05) is 0 Å². The molecular weight excluding hydrogens is 314 g/mol. The fourth-order valence-corrected chi connectivity index (χ4v) is 3.44. The molecule has 1 heterocycles. The van der Waals surface area contributed by atoms with E-state index in [0.29, 0.717) is 6.42 Å². The van der Waals surface area contributed by atoms with E-state index in [0.717, 1.165) is 16.0 Å². The van der Waals surface area contributed by atoms with Gasteiger partial charge in [-0.1, -0.05) is 54.6 Å². The Morgan fingerprint density at radius 3 is 2.42 bits per heavy atom. The van der Waals surface area contributed by atoms with Crippen molar-refractivity contribution in [3.63, 3.8) is 0 Å². The first-order chi connectivity index (χ1) is 11.6. The van der Waals surface area contributed by atoms with Crippen molar-refractivity contribution >= 4 is 17.2 Å². The van der Waals surface area contributed by atoms with E-state index in [-0.39, 0.29) is 11.9 Å². The molecule has 1 atom stereocenters. The number of rotatable bonds is 5. The van der Waals surface area contributed by atoms with Crippen LogP contribution in [0.1, 0.15) is 33.2 Å². The number of amides is 1. The molecule has 0 aliphatic heterocycles. The third-order valence-corrected chi connectivity index (χ3v) is 5.09. The maximum absolute atomic E-state index is 12.5. The van der Waals surface area contributed by atoms with Gasteiger partial charge in [-0.25, -0.2) is 0 Å². The van der Waals surface area contributed by atoms with Gasteiger partial charge >= 0.3 is 0 Å². The summed E-state index contributed by atoms with van der Waals surface area (Å²) in [5, 5.41) is 5.20. The molecule has 1 aromatic heterocycles. The molecule has 0 fully saturated rings. The summed E-state index contributed by atoms with van der Waals surface area (Å²) < 4.78 is 0. The highest BCUT2D eigenvalue weighted by Gasteiger charge is 2.17. The molecule has 1 N–H and O–H groups in total. The van der Waals surface area contributed by atoms with Gasteiger partial charge in [0.15, 0.2) is 0 Å². The third-order valence-electron chi connectivity index (χ3n) is 4.22. The van der Waals surface area contributed by atoms with Crippen molar-refractivity contribution in [3.05, 3.63) is 93.2 Å². The molecule has 0 bridgehead atoms. The van der Waals surface area contributed by atoms with E-state index in [1.54, 1.807) is 11.3 Å². The van der Waals surface area contributed by atoms with E-state index in [1.807, 2.05) is 35.7 Å². The summed E-state index contributed by atoms with van der Waals surface area (Å²) >= 11 is 1.61. The molecule has 0 saturated carbocycles. The second-order valence-electron chi connectivity index (χ2n) is 6.01. The molecule has 0 aliphatic carbocycles. The molecule has 122 valence electrons. The SMILES string of the molecule is Cc1ccc(C(NC(=O)Cc2cccs2)c2ccccc2)cc1C. The number of nitrogens with one attached hydrogen (secondary N) is 1. The Hall–Kier alpha value is -2.39. The summed E-state index contributed by atoms with van der Waals surface area (Å²) in [4.78, 5) is 13.6. The van der Waals surface area contributed by atoms with E-state index in [9.17, 15) is 4.79 Å². The lowest BCUT2D eigenvalue weighted by Gasteiger charge is -2.21. The molecule has 3 rings (SSSR count). The van der Waals surface area contributed by atoms with Crippen LogP contribution >= 0.6 is 11.3 Å². The van der Waals surface area contributed by atoms with Crippen LogP contribution in [0.5, 0.6) is 0 Å². The monoisotopic (exact) mass is 335 g/mol. The molecule has 24 heavy (non-hydrogen) atoms. The molecule has 2 aromatic carbocycles. The minimum absolute atomic E-state index is 0.0459. The topological polar surface area (TPSA) is 29.1 Å². The van der Waals surface area contributed by atoms with Gasteiger partial charge in [0.25, 0.3) is 0 Å². The Bertz CT molecular complexity index is 809. The van der Waals surface area contributed by atoms with Gasteiger partial charge in [-0.05, 0) is 47.5 Å². The summed E-state index contributed by atoms with van der Waals surface area (Å²) in [5.41, 5.74) is 4.71. The van der Waals surface area contributed by atoms with Crippen LogP contribution in [0.3, 0.4) is 0 Å². The number of carbonyl (C=O) groups is 1. The van der Waals surface area contributed by atoms with Crippen molar-refractivity contribution in [2.24, 2.45) is 0 Å². The van der Waals surface area contributed by atoms with Crippen molar-refractivity contribution < 1.29 is 4.79 Å². The molecular formula is C21H21NOS. The highest BCUT2D eigenvalue weighted by Crippen LogP contribution is 2.24. The van der Waals surface area contributed by atoms with E-state index < -0.39 is 0 Å². The zero-order valence-electron chi connectivity index (χ0n) is 14.0. The van der Waals surface area contributed by atoms with Crippen molar-refractivity contribution in [3.8, 4) is 0 Å². The van der Waals surface area contributed by atoms with Gasteiger partial charge in [-0.3, -0.25) is 4.79 Å². The summed E-state index contributed by atoms with van der Waals surface area (Å²) in [7, 11) is 0. The number of hydrogen-bond donors (Lipinski definition) is 1. The average molecular weight is 335 g/mol. The predicted molar refractivity (Wildman–Crippen MR) is 100 cm³/mol. The van der Waals surface area contributed by atoms with Gasteiger partial charge in [-0.2, -0.15) is 0 Å². The Morgan fingerprint density at radius 1 is 0.958 bits per heavy atom. The van der Waals surface area contributed by atoms with Crippen LogP contribution < -0.4 is 5.32 Å². The molecule has 0 radical (unpaired) electrons. The third kappa shape index (κ3) is 3.92. The minimum Gasteiger partial charge on any atom is -0.345 e. The van der Waals surface area contributed by atoms with Gasteiger partial charge in [-0.15, -0.1) is 11.3 Å². The zero-order valence-corrected chi connectivity index (χ0v) is 14.8. The Morgan fingerprint density at radius 2 is 1.75 bits per heavy atom. The molecule has 1 unspecified atom stereocenters. The summed E-state index contributed by atoms with van der Waals surface area (Å²) in [5.74, 6) is 0.0459. The summed E-state index contributed by atoms with van der Waals surface area (Å²) in [6.07, 6.45) is 0.422. The van der Waals surface area contributed by atoms with Crippen molar-refractivity contribution in [1.29, 1.82) is 0 Å². The number of thiophene rings is 1. The first kappa shape index (κ1) is 16.5. The average Bonchev–Trinajstić information content (AvgIpc) is 3.09. The van der Waals surface area contributed by atoms with Crippen molar-refractivity contribution in [2.45, 2.75) is 26.3 Å². The summed E-state index contributed by atoms with van der Waals surface area (Å²) in [6, 6.07) is 20.4. The Balaban J connectivity index is 1.87. The van der Waals surface area contributed by atoms with Crippen LogP contribution in [-0.2, 0) is 11.2 Å². The van der Waals surface area contributed by atoms with Crippen LogP contribution in [0.15, 0.2) is 66.0 Å². The molecule has 1 amide bonds. The second-order valence-corrected chi connectivity index (χ2v) is 7.04. The molecule has 0 spiro atoms. The molecule has 0 saturated heterocycles.